The highest BCUT2D eigenvalue weighted by Gasteiger charge is 2.18. The van der Waals surface area contributed by atoms with E-state index in [0.29, 0.717) is 25.4 Å². The van der Waals surface area contributed by atoms with Gasteiger partial charge in [0.2, 0.25) is 0 Å². The van der Waals surface area contributed by atoms with Crippen LogP contribution >= 0.6 is 0 Å². The van der Waals surface area contributed by atoms with Crippen LogP contribution in [0.25, 0.3) is 0 Å². The van der Waals surface area contributed by atoms with Gasteiger partial charge in [-0.2, -0.15) is 0 Å². The van der Waals surface area contributed by atoms with Crippen LogP contribution in [-0.4, -0.2) is 82.9 Å². The summed E-state index contributed by atoms with van der Waals surface area (Å²) >= 11 is 0. The molecule has 0 aliphatic carbocycles. The smallest absolute Gasteiger partial charge is 0.328 e. The van der Waals surface area contributed by atoms with E-state index < -0.39 is 11.9 Å². The fraction of sp³-hybridized carbons (Fsp3) is 0.317. The van der Waals surface area contributed by atoms with Crippen molar-refractivity contribution in [2.45, 2.75) is 40.4 Å². The van der Waals surface area contributed by atoms with Crippen LogP contribution in [0.4, 0.5) is 0 Å². The molecule has 50 heavy (non-hydrogen) atoms. The molecule has 0 saturated carbocycles. The first-order valence-corrected chi connectivity index (χ1v) is 17.2. The Morgan fingerprint density at radius 3 is 1.52 bits per heavy atom. The van der Waals surface area contributed by atoms with Gasteiger partial charge < -0.3 is 24.6 Å². The lowest BCUT2D eigenvalue weighted by molar-refractivity contribution is -0.134. The third-order valence-electron chi connectivity index (χ3n) is 8.03. The van der Waals surface area contributed by atoms with E-state index in [1.165, 1.54) is 43.9 Å². The maximum absolute atomic E-state index is 9.55. The first kappa shape index (κ1) is 39.5. The molecule has 0 bridgehead atoms. The van der Waals surface area contributed by atoms with Crippen molar-refractivity contribution >= 4 is 11.9 Å². The number of hydrogen-bond donors (Lipinski definition) is 2. The van der Waals surface area contributed by atoms with Crippen LogP contribution in [-0.2, 0) is 29.2 Å². The fourth-order valence-corrected chi connectivity index (χ4v) is 5.30. The van der Waals surface area contributed by atoms with Gasteiger partial charge in [-0.3, -0.25) is 0 Å². The molecule has 4 aromatic carbocycles. The number of ether oxygens (including phenoxy) is 2. The predicted octanol–water partition coefficient (Wildman–Crippen LogP) is 7.03. The fourth-order valence-electron chi connectivity index (χ4n) is 5.30. The number of carboxylic acid groups (broad SMARTS) is 2. The van der Waals surface area contributed by atoms with Gasteiger partial charge in [-0.15, -0.1) is 0 Å². The highest BCUT2D eigenvalue weighted by Crippen LogP contribution is 2.31. The number of hydrogen-bond acceptors (Lipinski definition) is 7. The van der Waals surface area contributed by atoms with Crippen LogP contribution in [0, 0.1) is 0 Å². The maximum atomic E-state index is 9.55. The Bertz CT molecular complexity index is 1540. The Morgan fingerprint density at radius 1 is 0.620 bits per heavy atom. The summed E-state index contributed by atoms with van der Waals surface area (Å²) in [5.74, 6) is -0.973. The normalized spacial score (nSPS) is 13.1. The molecule has 266 valence electrons. The van der Waals surface area contributed by atoms with Crippen molar-refractivity contribution in [3.05, 3.63) is 144 Å². The average molecular weight is 682 g/mol. The lowest BCUT2D eigenvalue weighted by Crippen LogP contribution is -2.53. The number of piperazine rings is 1. The van der Waals surface area contributed by atoms with Gasteiger partial charge in [0.25, 0.3) is 0 Å². The van der Waals surface area contributed by atoms with E-state index in [1.54, 1.807) is 0 Å². The predicted molar refractivity (Wildman–Crippen MR) is 198 cm³/mol. The van der Waals surface area contributed by atoms with E-state index in [1.807, 2.05) is 48.5 Å². The van der Waals surface area contributed by atoms with Crippen LogP contribution in [0.2, 0.25) is 0 Å². The summed E-state index contributed by atoms with van der Waals surface area (Å²) in [6, 6.07) is 37.1. The number of hydrazine groups is 1. The molecule has 1 fully saturated rings. The number of carbonyl (C=O) groups is 2. The first-order valence-electron chi connectivity index (χ1n) is 17.2. The molecule has 0 unspecified atom stereocenters. The van der Waals surface area contributed by atoms with Crippen molar-refractivity contribution in [3.63, 3.8) is 0 Å². The van der Waals surface area contributed by atoms with Gasteiger partial charge in [-0.1, -0.05) is 118 Å². The van der Waals surface area contributed by atoms with E-state index in [0.717, 1.165) is 42.1 Å². The zero-order valence-electron chi connectivity index (χ0n) is 29.5. The minimum atomic E-state index is -1.26. The van der Waals surface area contributed by atoms with Gasteiger partial charge in [-0.05, 0) is 47.4 Å². The monoisotopic (exact) mass is 681 g/mol. The van der Waals surface area contributed by atoms with E-state index in [-0.39, 0.29) is 0 Å². The van der Waals surface area contributed by atoms with Crippen molar-refractivity contribution < 1.29 is 29.3 Å². The molecule has 1 heterocycles. The first-order chi connectivity index (χ1) is 24.3. The Morgan fingerprint density at radius 2 is 1.08 bits per heavy atom. The molecule has 1 aliphatic heterocycles. The van der Waals surface area contributed by atoms with Gasteiger partial charge >= 0.3 is 11.9 Å². The number of benzene rings is 4. The number of aliphatic carboxylic acids is 2. The molecule has 0 amide bonds. The molecule has 0 spiro atoms. The van der Waals surface area contributed by atoms with Crippen molar-refractivity contribution in [2.24, 2.45) is 0 Å². The molecule has 2 N–H and O–H groups in total. The van der Waals surface area contributed by atoms with Crippen LogP contribution in [0.5, 0.6) is 11.5 Å². The van der Waals surface area contributed by atoms with E-state index in [2.05, 4.69) is 96.4 Å². The number of rotatable bonds is 14. The molecule has 4 aromatic rings. The third kappa shape index (κ3) is 15.1. The highest BCUT2D eigenvalue weighted by atomic mass is 16.5. The van der Waals surface area contributed by atoms with E-state index in [4.69, 9.17) is 19.7 Å². The quantitative estimate of drug-likeness (QED) is 0.136. The molecule has 0 radical (unpaired) electrons. The lowest BCUT2D eigenvalue weighted by atomic mass is 10.0. The Hall–Kier alpha value is -4.96. The molecular formula is C41H51N3O6. The average Bonchev–Trinajstić information content (AvgIpc) is 3.15. The second kappa shape index (κ2) is 22.6. The zero-order valence-corrected chi connectivity index (χ0v) is 29.5. The summed E-state index contributed by atoms with van der Waals surface area (Å²) < 4.78 is 12.3. The summed E-state index contributed by atoms with van der Waals surface area (Å²) in [6.45, 7) is 16.1. The summed E-state index contributed by atoms with van der Waals surface area (Å²) in [7, 11) is 0. The molecule has 0 atom stereocenters. The Labute approximate surface area is 297 Å². The summed E-state index contributed by atoms with van der Waals surface area (Å²) in [5, 5.41) is 20.6. The number of likely N-dealkylation sites (N-methyl/N-ethyl adjacent to an activating group) is 1. The van der Waals surface area contributed by atoms with E-state index >= 15 is 0 Å². The molecule has 5 rings (SSSR count). The Balaban J connectivity index is 0.000000265. The highest BCUT2D eigenvalue weighted by molar-refractivity contribution is 5.89. The standard InChI is InChI=1S/C27H24O2.C10H23N3.C4H4O4/c1-4-10-22(11-5-1)18-25-16-17-26(28-20-23-12-6-2-7-13-23)27(19-25)29-21-24-14-8-3-9-15-24;1-4-11-7-9-13(10-8-11)12(5-2)6-3;5-3(6)1-2-4(7)8/h1-17,19H,18,20-21H2;4-10H2,1-3H3;1-2H,(H,5,6)(H,7,8). The molecule has 1 saturated heterocycles. The van der Waals surface area contributed by atoms with Crippen molar-refractivity contribution in [1.82, 2.24) is 14.9 Å². The van der Waals surface area contributed by atoms with E-state index in [9.17, 15) is 9.59 Å². The van der Waals surface area contributed by atoms with Gasteiger partial charge in [-0.25, -0.2) is 19.6 Å². The van der Waals surface area contributed by atoms with Gasteiger partial charge in [0.05, 0.1) is 0 Å². The van der Waals surface area contributed by atoms with Crippen LogP contribution in [0.1, 0.15) is 43.0 Å². The molecule has 0 aromatic heterocycles. The third-order valence-corrected chi connectivity index (χ3v) is 8.03. The van der Waals surface area contributed by atoms with Crippen LogP contribution in [0.15, 0.2) is 121 Å². The van der Waals surface area contributed by atoms with Crippen molar-refractivity contribution in [3.8, 4) is 11.5 Å². The van der Waals surface area contributed by atoms with Crippen molar-refractivity contribution in [2.75, 3.05) is 45.8 Å². The SMILES string of the molecule is CCN1CCN(N(CC)CC)CC1.O=C(O)C=CC(=O)O.c1ccc(COc2ccc(Cc3ccccc3)cc2OCc2ccccc2)cc1. The molecule has 1 aliphatic rings. The largest absolute Gasteiger partial charge is 0.485 e. The van der Waals surface area contributed by atoms with Crippen LogP contribution in [0.3, 0.4) is 0 Å². The molecule has 9 nitrogen and oxygen atoms in total. The van der Waals surface area contributed by atoms with Gasteiger partial charge in [0.15, 0.2) is 11.5 Å². The summed E-state index contributed by atoms with van der Waals surface area (Å²) in [4.78, 5) is 21.6. The number of nitrogens with zero attached hydrogens (tertiary/aromatic N) is 3. The lowest BCUT2D eigenvalue weighted by Gasteiger charge is -2.40. The maximum Gasteiger partial charge on any atom is 0.328 e. The number of carboxylic acids is 2. The second-order valence-electron chi connectivity index (χ2n) is 11.5. The molecular weight excluding hydrogens is 630 g/mol. The van der Waals surface area contributed by atoms with Gasteiger partial charge in [0, 0.05) is 51.4 Å². The van der Waals surface area contributed by atoms with Crippen LogP contribution < -0.4 is 9.47 Å². The Kier molecular flexibility index (Phi) is 17.9. The molecule has 9 heteroatoms. The van der Waals surface area contributed by atoms with Crippen molar-refractivity contribution in [1.29, 1.82) is 0 Å². The summed E-state index contributed by atoms with van der Waals surface area (Å²) in [6.07, 6.45) is 1.98. The minimum absolute atomic E-state index is 0.511. The summed E-state index contributed by atoms with van der Waals surface area (Å²) in [5.41, 5.74) is 4.75. The topological polar surface area (TPSA) is 103 Å². The second-order valence-corrected chi connectivity index (χ2v) is 11.5. The zero-order chi connectivity index (χ0) is 36.0. The van der Waals surface area contributed by atoms with Gasteiger partial charge in [0.1, 0.15) is 13.2 Å². The minimum Gasteiger partial charge on any atom is -0.485 e.